The molecule has 0 saturated carbocycles. The van der Waals surface area contributed by atoms with Crippen molar-refractivity contribution >= 4 is 23.4 Å². The largest absolute Gasteiger partial charge is 0.497 e. The molecule has 1 aromatic heterocycles. The second kappa shape index (κ2) is 12.2. The number of aryl methyl sites for hydroxylation is 1. The first-order valence-electron chi connectivity index (χ1n) is 9.77. The Balaban J connectivity index is 1.87. The summed E-state index contributed by atoms with van der Waals surface area (Å²) in [6.07, 6.45) is 8.85. The fourth-order valence-corrected chi connectivity index (χ4v) is 3.58. The number of amides is 1. The van der Waals surface area contributed by atoms with E-state index in [1.54, 1.807) is 7.11 Å². The van der Waals surface area contributed by atoms with E-state index in [1.807, 2.05) is 30.3 Å². The van der Waals surface area contributed by atoms with Crippen LogP contribution in [0.2, 0.25) is 0 Å². The molecule has 0 bridgehead atoms. The third-order valence-corrected chi connectivity index (χ3v) is 5.28. The van der Waals surface area contributed by atoms with Gasteiger partial charge in [-0.15, -0.1) is 16.8 Å². The fourth-order valence-electron chi connectivity index (χ4n) is 2.81. The molecule has 28 heavy (non-hydrogen) atoms. The zero-order valence-electron chi connectivity index (χ0n) is 16.8. The summed E-state index contributed by atoms with van der Waals surface area (Å²) in [5, 5.41) is 12.3. The predicted molar refractivity (Wildman–Crippen MR) is 115 cm³/mol. The minimum atomic E-state index is -0.0792. The average Bonchev–Trinajstić information content (AvgIpc) is 3.09. The van der Waals surface area contributed by atoms with Crippen LogP contribution < -0.4 is 10.1 Å². The lowest BCUT2D eigenvalue weighted by atomic mass is 10.1. The lowest BCUT2D eigenvalue weighted by Crippen LogP contribution is -2.14. The number of carbonyl (C=O) groups excluding carboxylic acids is 1. The van der Waals surface area contributed by atoms with Gasteiger partial charge in [0.25, 0.3) is 0 Å². The summed E-state index contributed by atoms with van der Waals surface area (Å²) in [6.45, 7) is 6.70. The number of unbranched alkanes of at least 4 members (excludes halogenated alkanes) is 4. The summed E-state index contributed by atoms with van der Waals surface area (Å²) in [6, 6.07) is 7.27. The maximum Gasteiger partial charge on any atom is 0.234 e. The zero-order chi connectivity index (χ0) is 20.2. The van der Waals surface area contributed by atoms with Crippen LogP contribution in [-0.2, 0) is 17.8 Å². The Hall–Kier alpha value is -2.28. The van der Waals surface area contributed by atoms with Gasteiger partial charge >= 0.3 is 0 Å². The van der Waals surface area contributed by atoms with E-state index in [-0.39, 0.29) is 11.7 Å². The molecule has 0 atom stereocenters. The summed E-state index contributed by atoms with van der Waals surface area (Å²) in [5.74, 6) is 1.92. The predicted octanol–water partition coefficient (Wildman–Crippen LogP) is 4.72. The van der Waals surface area contributed by atoms with E-state index in [0.29, 0.717) is 6.54 Å². The molecule has 1 aromatic carbocycles. The molecule has 1 heterocycles. The minimum Gasteiger partial charge on any atom is -0.497 e. The van der Waals surface area contributed by atoms with Crippen LogP contribution in [0.4, 0.5) is 5.69 Å². The van der Waals surface area contributed by atoms with Crippen molar-refractivity contribution < 1.29 is 9.53 Å². The monoisotopic (exact) mass is 402 g/mol. The topological polar surface area (TPSA) is 69.0 Å². The van der Waals surface area contributed by atoms with Crippen LogP contribution in [0.3, 0.4) is 0 Å². The number of ether oxygens (including phenoxy) is 1. The molecule has 0 aliphatic rings. The maximum atomic E-state index is 12.2. The Morgan fingerprint density at radius 2 is 1.96 bits per heavy atom. The van der Waals surface area contributed by atoms with Crippen molar-refractivity contribution in [1.29, 1.82) is 0 Å². The van der Waals surface area contributed by atoms with Gasteiger partial charge in [-0.05, 0) is 30.7 Å². The van der Waals surface area contributed by atoms with E-state index in [1.165, 1.54) is 37.4 Å². The van der Waals surface area contributed by atoms with E-state index in [4.69, 9.17) is 4.74 Å². The van der Waals surface area contributed by atoms with Crippen molar-refractivity contribution in [2.45, 2.75) is 57.1 Å². The Bertz CT molecular complexity index is 743. The molecule has 1 amide bonds. The molecule has 0 aliphatic heterocycles. The number of hydrogen-bond donors (Lipinski definition) is 1. The molecule has 7 heteroatoms. The van der Waals surface area contributed by atoms with Gasteiger partial charge in [0, 0.05) is 18.7 Å². The number of carbonyl (C=O) groups is 1. The quantitative estimate of drug-likeness (QED) is 0.298. The van der Waals surface area contributed by atoms with Crippen molar-refractivity contribution in [3.05, 3.63) is 42.7 Å². The van der Waals surface area contributed by atoms with Crippen LogP contribution in [0.15, 0.2) is 42.1 Å². The summed E-state index contributed by atoms with van der Waals surface area (Å²) in [5.41, 5.74) is 0.742. The van der Waals surface area contributed by atoms with Gasteiger partial charge in [0.2, 0.25) is 5.91 Å². The number of hydrogen-bond acceptors (Lipinski definition) is 5. The van der Waals surface area contributed by atoms with Crippen molar-refractivity contribution in [3.63, 3.8) is 0 Å². The SMILES string of the molecule is C=CCn1c(CCCCCCC)nnc1SCC(=O)Nc1ccc(OC)cc1. The summed E-state index contributed by atoms with van der Waals surface area (Å²) < 4.78 is 7.18. The highest BCUT2D eigenvalue weighted by molar-refractivity contribution is 7.99. The highest BCUT2D eigenvalue weighted by Gasteiger charge is 2.13. The Labute approximate surface area is 171 Å². The lowest BCUT2D eigenvalue weighted by molar-refractivity contribution is -0.113. The lowest BCUT2D eigenvalue weighted by Gasteiger charge is -2.08. The van der Waals surface area contributed by atoms with Gasteiger partial charge in [0.05, 0.1) is 12.9 Å². The molecule has 6 nitrogen and oxygen atoms in total. The fraction of sp³-hybridized carbons (Fsp3) is 0.476. The van der Waals surface area contributed by atoms with Crippen LogP contribution in [-0.4, -0.2) is 33.5 Å². The Morgan fingerprint density at radius 1 is 1.21 bits per heavy atom. The Morgan fingerprint density at radius 3 is 2.64 bits per heavy atom. The molecule has 0 saturated heterocycles. The smallest absolute Gasteiger partial charge is 0.234 e. The van der Waals surface area contributed by atoms with E-state index < -0.39 is 0 Å². The van der Waals surface area contributed by atoms with Crippen LogP contribution in [0.5, 0.6) is 5.75 Å². The number of rotatable bonds is 13. The Kier molecular flexibility index (Phi) is 9.62. The number of aromatic nitrogens is 3. The number of benzene rings is 1. The van der Waals surface area contributed by atoms with Crippen LogP contribution in [0, 0.1) is 0 Å². The molecule has 1 N–H and O–H groups in total. The summed E-state index contributed by atoms with van der Waals surface area (Å²) in [7, 11) is 1.61. The van der Waals surface area contributed by atoms with Crippen LogP contribution in [0.25, 0.3) is 0 Å². The standard InChI is InChI=1S/C21H30N4O2S/c1-4-6-7-8-9-10-19-23-24-21(25(19)15-5-2)28-16-20(26)22-17-11-13-18(27-3)14-12-17/h5,11-14H,2,4,6-10,15-16H2,1,3H3,(H,22,26). The maximum absolute atomic E-state index is 12.2. The highest BCUT2D eigenvalue weighted by Crippen LogP contribution is 2.20. The molecule has 0 spiro atoms. The second-order valence-electron chi connectivity index (χ2n) is 6.53. The third kappa shape index (κ3) is 7.03. The van der Waals surface area contributed by atoms with Crippen molar-refractivity contribution in [2.24, 2.45) is 0 Å². The number of nitrogens with zero attached hydrogens (tertiary/aromatic N) is 3. The molecular weight excluding hydrogens is 372 g/mol. The van der Waals surface area contributed by atoms with E-state index >= 15 is 0 Å². The number of nitrogens with one attached hydrogen (secondary N) is 1. The zero-order valence-corrected chi connectivity index (χ0v) is 17.6. The molecule has 0 fully saturated rings. The normalized spacial score (nSPS) is 10.6. The van der Waals surface area contributed by atoms with Crippen LogP contribution >= 0.6 is 11.8 Å². The first-order valence-corrected chi connectivity index (χ1v) is 10.8. The average molecular weight is 403 g/mol. The van der Waals surface area contributed by atoms with Crippen LogP contribution in [0.1, 0.15) is 44.9 Å². The van der Waals surface area contributed by atoms with Gasteiger partial charge in [-0.25, -0.2) is 0 Å². The van der Waals surface area contributed by atoms with E-state index in [9.17, 15) is 4.79 Å². The van der Waals surface area contributed by atoms with E-state index in [0.717, 1.165) is 35.3 Å². The van der Waals surface area contributed by atoms with Gasteiger partial charge < -0.3 is 14.6 Å². The molecular formula is C21H30N4O2S. The van der Waals surface area contributed by atoms with E-state index in [2.05, 4.69) is 33.6 Å². The van der Waals surface area contributed by atoms with Gasteiger partial charge in [0.15, 0.2) is 5.16 Å². The van der Waals surface area contributed by atoms with Gasteiger partial charge in [-0.3, -0.25) is 4.79 Å². The van der Waals surface area contributed by atoms with Gasteiger partial charge in [0.1, 0.15) is 11.6 Å². The molecule has 0 unspecified atom stereocenters. The minimum absolute atomic E-state index is 0.0792. The number of allylic oxidation sites excluding steroid dienone is 1. The molecule has 0 radical (unpaired) electrons. The van der Waals surface area contributed by atoms with Gasteiger partial charge in [-0.2, -0.15) is 0 Å². The second-order valence-corrected chi connectivity index (χ2v) is 7.47. The van der Waals surface area contributed by atoms with Crippen molar-refractivity contribution in [1.82, 2.24) is 14.8 Å². The molecule has 2 aromatic rings. The first-order chi connectivity index (χ1) is 13.7. The van der Waals surface area contributed by atoms with Crippen molar-refractivity contribution in [3.8, 4) is 5.75 Å². The molecule has 0 aliphatic carbocycles. The molecule has 2 rings (SSSR count). The van der Waals surface area contributed by atoms with Crippen molar-refractivity contribution in [2.75, 3.05) is 18.2 Å². The first kappa shape index (κ1) is 22.0. The number of anilines is 1. The summed E-state index contributed by atoms with van der Waals surface area (Å²) >= 11 is 1.40. The molecule has 152 valence electrons. The number of methoxy groups -OCH3 is 1. The highest BCUT2D eigenvalue weighted by atomic mass is 32.2. The van der Waals surface area contributed by atoms with Gasteiger partial charge in [-0.1, -0.05) is 50.4 Å². The number of thioether (sulfide) groups is 1. The summed E-state index contributed by atoms with van der Waals surface area (Å²) in [4.78, 5) is 12.2. The third-order valence-electron chi connectivity index (χ3n) is 4.32.